The van der Waals surface area contributed by atoms with E-state index in [1.54, 1.807) is 18.2 Å². The summed E-state index contributed by atoms with van der Waals surface area (Å²) in [5.41, 5.74) is 2.31. The molecule has 0 aliphatic rings. The summed E-state index contributed by atoms with van der Waals surface area (Å²) in [7, 11) is 0. The first-order chi connectivity index (χ1) is 12.7. The van der Waals surface area contributed by atoms with Crippen molar-refractivity contribution in [3.63, 3.8) is 0 Å². The predicted octanol–water partition coefficient (Wildman–Crippen LogP) is 4.79. The van der Waals surface area contributed by atoms with E-state index in [9.17, 15) is 9.65 Å². The van der Waals surface area contributed by atoms with Gasteiger partial charge in [0.25, 0.3) is 0 Å². The second-order valence-electron chi connectivity index (χ2n) is 5.47. The van der Waals surface area contributed by atoms with Crippen LogP contribution in [0.4, 0.5) is 15.8 Å². The van der Waals surface area contributed by atoms with Gasteiger partial charge in [-0.05, 0) is 44.2 Å². The summed E-state index contributed by atoms with van der Waals surface area (Å²) in [6.45, 7) is 4.77. The maximum absolute atomic E-state index is 13.2. The zero-order valence-corrected chi connectivity index (χ0v) is 14.5. The van der Waals surface area contributed by atoms with Gasteiger partial charge in [-0.3, -0.25) is 4.98 Å². The second-order valence-corrected chi connectivity index (χ2v) is 5.47. The summed E-state index contributed by atoms with van der Waals surface area (Å²) < 4.78 is 24.5. The van der Waals surface area contributed by atoms with Gasteiger partial charge in [-0.25, -0.2) is 4.39 Å². The van der Waals surface area contributed by atoms with Crippen LogP contribution in [0.25, 0.3) is 10.9 Å². The van der Waals surface area contributed by atoms with Crippen LogP contribution < -0.4 is 14.8 Å². The SMILES string of the molecule is CCOc1cc2ncc(C#N)c(Nc3ccc(F)cc3)c2cc1OCC. The van der Waals surface area contributed by atoms with Crippen molar-refractivity contribution in [3.8, 4) is 17.6 Å². The van der Waals surface area contributed by atoms with E-state index < -0.39 is 0 Å². The molecule has 0 amide bonds. The smallest absolute Gasteiger partial charge is 0.163 e. The van der Waals surface area contributed by atoms with Gasteiger partial charge in [0.05, 0.1) is 30.0 Å². The van der Waals surface area contributed by atoms with Crippen molar-refractivity contribution in [2.45, 2.75) is 13.8 Å². The van der Waals surface area contributed by atoms with Gasteiger partial charge in [-0.15, -0.1) is 0 Å². The maximum Gasteiger partial charge on any atom is 0.163 e. The molecule has 0 saturated heterocycles. The minimum Gasteiger partial charge on any atom is -0.490 e. The van der Waals surface area contributed by atoms with Crippen LogP contribution in [-0.4, -0.2) is 18.2 Å². The van der Waals surface area contributed by atoms with E-state index in [1.165, 1.54) is 18.3 Å². The van der Waals surface area contributed by atoms with E-state index >= 15 is 0 Å². The Morgan fingerprint density at radius 2 is 1.73 bits per heavy atom. The molecule has 0 radical (unpaired) electrons. The molecular formula is C20H18FN3O2. The Hall–Kier alpha value is -3.33. The number of pyridine rings is 1. The van der Waals surface area contributed by atoms with E-state index in [2.05, 4.69) is 16.4 Å². The van der Waals surface area contributed by atoms with Crippen molar-refractivity contribution in [1.82, 2.24) is 4.98 Å². The number of anilines is 2. The topological polar surface area (TPSA) is 67.2 Å². The third-order valence-corrected chi connectivity index (χ3v) is 3.77. The lowest BCUT2D eigenvalue weighted by Crippen LogP contribution is -2.01. The van der Waals surface area contributed by atoms with Crippen molar-refractivity contribution in [2.75, 3.05) is 18.5 Å². The molecule has 3 aromatic rings. The fourth-order valence-corrected chi connectivity index (χ4v) is 2.63. The molecule has 2 aromatic carbocycles. The van der Waals surface area contributed by atoms with Crippen molar-refractivity contribution >= 4 is 22.3 Å². The van der Waals surface area contributed by atoms with Crippen molar-refractivity contribution in [2.24, 2.45) is 0 Å². The molecule has 6 heteroatoms. The molecule has 0 atom stereocenters. The number of halogens is 1. The molecular weight excluding hydrogens is 333 g/mol. The van der Waals surface area contributed by atoms with Crippen molar-refractivity contribution in [3.05, 3.63) is 54.0 Å². The van der Waals surface area contributed by atoms with E-state index in [0.29, 0.717) is 47.2 Å². The number of ether oxygens (including phenoxy) is 2. The minimum atomic E-state index is -0.323. The van der Waals surface area contributed by atoms with Gasteiger partial charge in [0.2, 0.25) is 0 Å². The number of benzene rings is 2. The van der Waals surface area contributed by atoms with Gasteiger partial charge in [0, 0.05) is 23.3 Å². The Bertz CT molecular complexity index is 965. The number of nitriles is 1. The van der Waals surface area contributed by atoms with Crippen LogP contribution in [0.3, 0.4) is 0 Å². The number of nitrogens with one attached hydrogen (secondary N) is 1. The lowest BCUT2D eigenvalue weighted by Gasteiger charge is -2.15. The van der Waals surface area contributed by atoms with E-state index in [-0.39, 0.29) is 5.82 Å². The van der Waals surface area contributed by atoms with Crippen LogP contribution in [0.1, 0.15) is 19.4 Å². The summed E-state index contributed by atoms with van der Waals surface area (Å²) in [6.07, 6.45) is 1.50. The monoisotopic (exact) mass is 351 g/mol. The zero-order valence-electron chi connectivity index (χ0n) is 14.5. The highest BCUT2D eigenvalue weighted by atomic mass is 19.1. The maximum atomic E-state index is 13.2. The highest BCUT2D eigenvalue weighted by Crippen LogP contribution is 2.37. The van der Waals surface area contributed by atoms with Crippen LogP contribution in [0, 0.1) is 17.1 Å². The van der Waals surface area contributed by atoms with Crippen molar-refractivity contribution in [1.29, 1.82) is 5.26 Å². The van der Waals surface area contributed by atoms with Crippen molar-refractivity contribution < 1.29 is 13.9 Å². The van der Waals surface area contributed by atoms with Gasteiger partial charge in [-0.2, -0.15) is 5.26 Å². The molecule has 0 bridgehead atoms. The normalized spacial score (nSPS) is 10.4. The quantitative estimate of drug-likeness (QED) is 0.692. The molecule has 1 heterocycles. The first-order valence-corrected chi connectivity index (χ1v) is 8.31. The van der Waals surface area contributed by atoms with Crippen LogP contribution >= 0.6 is 0 Å². The standard InChI is InChI=1S/C20H18FN3O2/c1-3-25-18-9-16-17(10-19(18)26-4-2)23-12-13(11-22)20(16)24-15-7-5-14(21)6-8-15/h5-10,12H,3-4H2,1-2H3,(H,23,24). The van der Waals surface area contributed by atoms with Gasteiger partial charge >= 0.3 is 0 Å². The number of nitrogens with zero attached hydrogens (tertiary/aromatic N) is 2. The lowest BCUT2D eigenvalue weighted by molar-refractivity contribution is 0.288. The number of aromatic nitrogens is 1. The van der Waals surface area contributed by atoms with E-state index in [1.807, 2.05) is 19.9 Å². The van der Waals surface area contributed by atoms with Gasteiger partial charge in [-0.1, -0.05) is 0 Å². The highest BCUT2D eigenvalue weighted by molar-refractivity contribution is 5.97. The Labute approximate surface area is 151 Å². The van der Waals surface area contributed by atoms with Crippen LogP contribution in [-0.2, 0) is 0 Å². The summed E-state index contributed by atoms with van der Waals surface area (Å²) >= 11 is 0. The first-order valence-electron chi connectivity index (χ1n) is 8.31. The fourth-order valence-electron chi connectivity index (χ4n) is 2.63. The summed E-state index contributed by atoms with van der Waals surface area (Å²) in [6, 6.07) is 11.7. The molecule has 132 valence electrons. The molecule has 5 nitrogen and oxygen atoms in total. The average Bonchev–Trinajstić information content (AvgIpc) is 2.65. The Morgan fingerprint density at radius 1 is 1.08 bits per heavy atom. The molecule has 1 aromatic heterocycles. The summed E-state index contributed by atoms with van der Waals surface area (Å²) in [4.78, 5) is 4.35. The Morgan fingerprint density at radius 3 is 2.35 bits per heavy atom. The molecule has 0 fully saturated rings. The molecule has 26 heavy (non-hydrogen) atoms. The second kappa shape index (κ2) is 7.70. The number of hydrogen-bond donors (Lipinski definition) is 1. The molecule has 0 aliphatic heterocycles. The Kier molecular flexibility index (Phi) is 5.18. The van der Waals surface area contributed by atoms with Crippen LogP contribution in [0.5, 0.6) is 11.5 Å². The Balaban J connectivity index is 2.16. The third kappa shape index (κ3) is 3.52. The molecule has 3 rings (SSSR count). The van der Waals surface area contributed by atoms with Gasteiger partial charge in [0.1, 0.15) is 11.9 Å². The predicted molar refractivity (Wildman–Crippen MR) is 98.5 cm³/mol. The molecule has 1 N–H and O–H groups in total. The number of fused-ring (bicyclic) bond motifs is 1. The van der Waals surface area contributed by atoms with E-state index in [0.717, 1.165) is 5.39 Å². The summed E-state index contributed by atoms with van der Waals surface area (Å²) in [5.74, 6) is 0.864. The van der Waals surface area contributed by atoms with Gasteiger partial charge in [0.15, 0.2) is 11.5 Å². The van der Waals surface area contributed by atoms with E-state index in [4.69, 9.17) is 9.47 Å². The largest absolute Gasteiger partial charge is 0.490 e. The summed E-state index contributed by atoms with van der Waals surface area (Å²) in [5, 5.41) is 13.4. The first kappa shape index (κ1) is 17.5. The molecule has 0 unspecified atom stereocenters. The average molecular weight is 351 g/mol. The van der Waals surface area contributed by atoms with Gasteiger partial charge < -0.3 is 14.8 Å². The zero-order chi connectivity index (χ0) is 18.5. The molecule has 0 saturated carbocycles. The third-order valence-electron chi connectivity index (χ3n) is 3.77. The molecule has 0 spiro atoms. The number of rotatable bonds is 6. The van der Waals surface area contributed by atoms with Crippen LogP contribution in [0.15, 0.2) is 42.6 Å². The lowest BCUT2D eigenvalue weighted by atomic mass is 10.1. The molecule has 0 aliphatic carbocycles. The highest BCUT2D eigenvalue weighted by Gasteiger charge is 2.14. The number of hydrogen-bond acceptors (Lipinski definition) is 5. The fraction of sp³-hybridized carbons (Fsp3) is 0.200. The van der Waals surface area contributed by atoms with Crippen LogP contribution in [0.2, 0.25) is 0 Å². The minimum absolute atomic E-state index is 0.323.